The van der Waals surface area contributed by atoms with Gasteiger partial charge in [-0.3, -0.25) is 4.79 Å². The number of nitrogens with zero attached hydrogens (tertiary/aromatic N) is 3. The Hall–Kier alpha value is -2.41. The summed E-state index contributed by atoms with van der Waals surface area (Å²) in [7, 11) is 1.51. The Labute approximate surface area is 133 Å². The fourth-order valence-electron chi connectivity index (χ4n) is 2.66. The standard InChI is InChI=1S/C16H19N3O4/c1-22-11-14-17-19(16(21)23-14)10-12-4-6-13(7-5-12)15(20)18-8-2-3-9-18/h4-7H,2-3,8-11H2,1H3. The molecule has 0 radical (unpaired) electrons. The van der Waals surface area contributed by atoms with Crippen LogP contribution in [-0.2, 0) is 17.9 Å². The molecular formula is C16H19N3O4. The van der Waals surface area contributed by atoms with E-state index in [1.54, 1.807) is 12.1 Å². The third-order valence-electron chi connectivity index (χ3n) is 3.84. The Balaban J connectivity index is 1.70. The molecule has 1 aliphatic heterocycles. The van der Waals surface area contributed by atoms with Gasteiger partial charge in [-0.25, -0.2) is 4.79 Å². The van der Waals surface area contributed by atoms with Gasteiger partial charge in [0.25, 0.3) is 5.91 Å². The first-order valence-electron chi connectivity index (χ1n) is 7.61. The molecule has 7 heteroatoms. The van der Waals surface area contributed by atoms with Crippen molar-refractivity contribution in [3.8, 4) is 0 Å². The summed E-state index contributed by atoms with van der Waals surface area (Å²) in [5.74, 6) is -0.206. The smallest absolute Gasteiger partial charge is 0.390 e. The van der Waals surface area contributed by atoms with Crippen LogP contribution in [-0.4, -0.2) is 40.8 Å². The molecule has 1 aromatic heterocycles. The molecule has 0 aliphatic carbocycles. The van der Waals surface area contributed by atoms with Crippen LogP contribution in [0.25, 0.3) is 0 Å². The molecule has 23 heavy (non-hydrogen) atoms. The Bertz CT molecular complexity index is 727. The zero-order chi connectivity index (χ0) is 16.2. The van der Waals surface area contributed by atoms with Crippen molar-refractivity contribution >= 4 is 5.91 Å². The van der Waals surface area contributed by atoms with Crippen molar-refractivity contribution in [2.24, 2.45) is 0 Å². The largest absolute Gasteiger partial charge is 0.437 e. The maximum Gasteiger partial charge on any atom is 0.437 e. The Morgan fingerprint density at radius 2 is 1.96 bits per heavy atom. The van der Waals surface area contributed by atoms with Gasteiger partial charge in [-0.2, -0.15) is 4.68 Å². The summed E-state index contributed by atoms with van der Waals surface area (Å²) >= 11 is 0. The Morgan fingerprint density at radius 1 is 1.26 bits per heavy atom. The molecule has 0 atom stereocenters. The fraction of sp³-hybridized carbons (Fsp3) is 0.438. The van der Waals surface area contributed by atoms with Gasteiger partial charge in [-0.05, 0) is 30.5 Å². The van der Waals surface area contributed by atoms with E-state index in [0.717, 1.165) is 31.5 Å². The average Bonchev–Trinajstić information content (AvgIpc) is 3.19. The summed E-state index contributed by atoms with van der Waals surface area (Å²) in [6.07, 6.45) is 2.14. The van der Waals surface area contributed by atoms with Crippen molar-refractivity contribution in [1.82, 2.24) is 14.7 Å². The van der Waals surface area contributed by atoms with Gasteiger partial charge >= 0.3 is 5.76 Å². The molecule has 1 fully saturated rings. The molecule has 0 N–H and O–H groups in total. The number of hydrogen-bond donors (Lipinski definition) is 0. The van der Waals surface area contributed by atoms with Crippen LogP contribution in [0.15, 0.2) is 33.5 Å². The van der Waals surface area contributed by atoms with Crippen molar-refractivity contribution in [2.75, 3.05) is 20.2 Å². The van der Waals surface area contributed by atoms with Gasteiger partial charge in [0, 0.05) is 25.8 Å². The number of aromatic nitrogens is 2. The van der Waals surface area contributed by atoms with Crippen molar-refractivity contribution < 1.29 is 13.9 Å². The Kier molecular flexibility index (Phi) is 4.57. The highest BCUT2D eigenvalue weighted by atomic mass is 16.5. The summed E-state index contributed by atoms with van der Waals surface area (Å²) < 4.78 is 11.1. The number of benzene rings is 1. The van der Waals surface area contributed by atoms with Gasteiger partial charge in [0.05, 0.1) is 6.54 Å². The lowest BCUT2D eigenvalue weighted by molar-refractivity contribution is 0.0793. The lowest BCUT2D eigenvalue weighted by atomic mass is 10.1. The number of amides is 1. The van der Waals surface area contributed by atoms with Crippen LogP contribution in [0.4, 0.5) is 0 Å². The summed E-state index contributed by atoms with van der Waals surface area (Å²) in [6, 6.07) is 7.25. The zero-order valence-electron chi connectivity index (χ0n) is 13.0. The number of methoxy groups -OCH3 is 1. The molecule has 1 amide bonds. The third-order valence-corrected chi connectivity index (χ3v) is 3.84. The van der Waals surface area contributed by atoms with Crippen molar-refractivity contribution in [3.05, 3.63) is 51.8 Å². The molecule has 2 heterocycles. The van der Waals surface area contributed by atoms with E-state index in [2.05, 4.69) is 5.10 Å². The van der Waals surface area contributed by atoms with Gasteiger partial charge in [0.1, 0.15) is 6.61 Å². The normalized spacial score (nSPS) is 14.4. The first kappa shape index (κ1) is 15.5. The average molecular weight is 317 g/mol. The van der Waals surface area contributed by atoms with Crippen molar-refractivity contribution in [3.63, 3.8) is 0 Å². The second-order valence-electron chi connectivity index (χ2n) is 5.55. The molecule has 1 aliphatic rings. The van der Waals surface area contributed by atoms with Crippen LogP contribution in [0, 0.1) is 0 Å². The second kappa shape index (κ2) is 6.78. The molecule has 2 aromatic rings. The number of likely N-dealkylation sites (tertiary alicyclic amines) is 1. The fourth-order valence-corrected chi connectivity index (χ4v) is 2.66. The zero-order valence-corrected chi connectivity index (χ0v) is 13.0. The van der Waals surface area contributed by atoms with Gasteiger partial charge in [0.15, 0.2) is 0 Å². The molecule has 0 unspecified atom stereocenters. The van der Waals surface area contributed by atoms with E-state index in [1.165, 1.54) is 11.8 Å². The highest BCUT2D eigenvalue weighted by molar-refractivity contribution is 5.94. The van der Waals surface area contributed by atoms with Crippen LogP contribution >= 0.6 is 0 Å². The first-order chi connectivity index (χ1) is 11.2. The monoisotopic (exact) mass is 317 g/mol. The van der Waals surface area contributed by atoms with Crippen LogP contribution in [0.3, 0.4) is 0 Å². The minimum Gasteiger partial charge on any atom is -0.390 e. The maximum absolute atomic E-state index is 12.3. The Morgan fingerprint density at radius 3 is 2.61 bits per heavy atom. The highest BCUT2D eigenvalue weighted by Crippen LogP contribution is 2.14. The molecule has 3 rings (SSSR count). The lowest BCUT2D eigenvalue weighted by Gasteiger charge is -2.15. The molecule has 1 aromatic carbocycles. The lowest BCUT2D eigenvalue weighted by Crippen LogP contribution is -2.27. The SMILES string of the molecule is COCc1nn(Cc2ccc(C(=O)N3CCCC3)cc2)c(=O)o1. The van der Waals surface area contributed by atoms with E-state index in [0.29, 0.717) is 12.1 Å². The summed E-state index contributed by atoms with van der Waals surface area (Å²) in [5, 5.41) is 4.05. The van der Waals surface area contributed by atoms with E-state index >= 15 is 0 Å². The van der Waals surface area contributed by atoms with E-state index in [-0.39, 0.29) is 18.4 Å². The number of carbonyl (C=O) groups is 1. The molecule has 122 valence electrons. The third kappa shape index (κ3) is 3.50. The number of rotatable bonds is 5. The molecule has 0 bridgehead atoms. The predicted molar refractivity (Wildman–Crippen MR) is 82.2 cm³/mol. The number of carbonyl (C=O) groups excluding carboxylic acids is 1. The summed E-state index contributed by atoms with van der Waals surface area (Å²) in [5.41, 5.74) is 1.55. The van der Waals surface area contributed by atoms with E-state index in [4.69, 9.17) is 9.15 Å². The van der Waals surface area contributed by atoms with Crippen LogP contribution in [0.5, 0.6) is 0 Å². The van der Waals surface area contributed by atoms with Crippen LogP contribution in [0.1, 0.15) is 34.7 Å². The molecule has 1 saturated heterocycles. The predicted octanol–water partition coefficient (Wildman–Crippen LogP) is 1.27. The summed E-state index contributed by atoms with van der Waals surface area (Å²) in [4.78, 5) is 25.8. The topological polar surface area (TPSA) is 77.6 Å². The number of hydrogen-bond acceptors (Lipinski definition) is 5. The minimum atomic E-state index is -0.519. The van der Waals surface area contributed by atoms with Crippen molar-refractivity contribution in [2.45, 2.75) is 26.0 Å². The van der Waals surface area contributed by atoms with Gasteiger partial charge in [-0.15, -0.1) is 5.10 Å². The van der Waals surface area contributed by atoms with E-state index in [9.17, 15) is 9.59 Å². The highest BCUT2D eigenvalue weighted by Gasteiger charge is 2.19. The van der Waals surface area contributed by atoms with Crippen LogP contribution < -0.4 is 5.76 Å². The van der Waals surface area contributed by atoms with Gasteiger partial charge in [-0.1, -0.05) is 12.1 Å². The van der Waals surface area contributed by atoms with Crippen LogP contribution in [0.2, 0.25) is 0 Å². The molecule has 7 nitrogen and oxygen atoms in total. The van der Waals surface area contributed by atoms with E-state index in [1.807, 2.05) is 17.0 Å². The minimum absolute atomic E-state index is 0.0648. The maximum atomic E-state index is 12.3. The molecule has 0 saturated carbocycles. The summed E-state index contributed by atoms with van der Waals surface area (Å²) in [6.45, 7) is 2.12. The van der Waals surface area contributed by atoms with E-state index < -0.39 is 5.76 Å². The van der Waals surface area contributed by atoms with Crippen molar-refractivity contribution in [1.29, 1.82) is 0 Å². The number of ether oxygens (including phenoxy) is 1. The quantitative estimate of drug-likeness (QED) is 0.830. The molecular weight excluding hydrogens is 298 g/mol. The molecule has 0 spiro atoms. The van der Waals surface area contributed by atoms with Gasteiger partial charge in [0.2, 0.25) is 5.89 Å². The second-order valence-corrected chi connectivity index (χ2v) is 5.55. The van der Waals surface area contributed by atoms with Gasteiger partial charge < -0.3 is 14.1 Å². The first-order valence-corrected chi connectivity index (χ1v) is 7.61.